The van der Waals surface area contributed by atoms with Gasteiger partial charge in [0.2, 0.25) is 11.8 Å². The third kappa shape index (κ3) is 7.43. The van der Waals surface area contributed by atoms with Gasteiger partial charge in [-0.15, -0.1) is 0 Å². The highest BCUT2D eigenvalue weighted by molar-refractivity contribution is 5.87. The van der Waals surface area contributed by atoms with Crippen LogP contribution in [-0.4, -0.2) is 44.7 Å². The van der Waals surface area contributed by atoms with Crippen LogP contribution in [0, 0.1) is 0 Å². The fourth-order valence-electron chi connectivity index (χ4n) is 1.75. The third-order valence-electron chi connectivity index (χ3n) is 2.98. The molecule has 0 aliphatic heterocycles. The summed E-state index contributed by atoms with van der Waals surface area (Å²) in [5.74, 6) is -0.566. The lowest BCUT2D eigenvalue weighted by molar-refractivity contribution is -0.126. The molecular weight excluding hydrogens is 270 g/mol. The number of hydrogen-bond donors (Lipinski definition) is 3. The maximum Gasteiger partial charge on any atom is 0.239 e. The van der Waals surface area contributed by atoms with Crippen molar-refractivity contribution in [1.29, 1.82) is 0 Å². The van der Waals surface area contributed by atoms with Crippen LogP contribution in [0.15, 0.2) is 30.3 Å². The Bertz CT molecular complexity index is 437. The molecule has 1 aromatic carbocycles. The number of carbonyl (C=O) groups excluding carboxylic acids is 2. The van der Waals surface area contributed by atoms with Crippen molar-refractivity contribution in [2.24, 2.45) is 5.73 Å². The van der Waals surface area contributed by atoms with Gasteiger partial charge in [-0.3, -0.25) is 9.59 Å². The lowest BCUT2D eigenvalue weighted by atomic mass is 10.1. The Morgan fingerprint density at radius 1 is 1.24 bits per heavy atom. The first-order chi connectivity index (χ1) is 10.1. The predicted octanol–water partition coefficient (Wildman–Crippen LogP) is -0.175. The monoisotopic (exact) mass is 293 g/mol. The van der Waals surface area contributed by atoms with E-state index in [2.05, 4.69) is 10.6 Å². The molecule has 1 atom stereocenters. The Morgan fingerprint density at radius 3 is 2.62 bits per heavy atom. The molecule has 0 fully saturated rings. The van der Waals surface area contributed by atoms with Gasteiger partial charge in [0.25, 0.3) is 0 Å². The quantitative estimate of drug-likeness (QED) is 0.551. The second-order valence-electron chi connectivity index (χ2n) is 4.69. The van der Waals surface area contributed by atoms with Gasteiger partial charge in [-0.2, -0.15) is 0 Å². The van der Waals surface area contributed by atoms with Crippen LogP contribution < -0.4 is 16.4 Å². The average molecular weight is 293 g/mol. The minimum atomic E-state index is -0.614. The minimum absolute atomic E-state index is 0.0679. The molecule has 116 valence electrons. The van der Waals surface area contributed by atoms with Crippen molar-refractivity contribution in [2.75, 3.05) is 26.8 Å². The van der Waals surface area contributed by atoms with E-state index >= 15 is 0 Å². The Kier molecular flexibility index (Phi) is 8.08. The first kappa shape index (κ1) is 17.1. The van der Waals surface area contributed by atoms with Crippen molar-refractivity contribution in [3.8, 4) is 0 Å². The van der Waals surface area contributed by atoms with E-state index in [1.807, 2.05) is 30.3 Å². The summed E-state index contributed by atoms with van der Waals surface area (Å²) in [5.41, 5.74) is 6.95. The standard InChI is InChI=1S/C15H23N3O3/c1-21-10-9-17-14(19)11-18-15(20)13(16)8-7-12-5-3-2-4-6-12/h2-6,13H,7-11,16H2,1H3,(H,17,19)(H,18,20). The number of hydrogen-bond acceptors (Lipinski definition) is 4. The smallest absolute Gasteiger partial charge is 0.239 e. The maximum atomic E-state index is 11.8. The predicted molar refractivity (Wildman–Crippen MR) is 80.6 cm³/mol. The molecule has 21 heavy (non-hydrogen) atoms. The molecule has 0 saturated carbocycles. The highest BCUT2D eigenvalue weighted by atomic mass is 16.5. The van der Waals surface area contributed by atoms with Crippen LogP contribution >= 0.6 is 0 Å². The van der Waals surface area contributed by atoms with E-state index in [4.69, 9.17) is 10.5 Å². The Labute approximate surface area is 125 Å². The van der Waals surface area contributed by atoms with Crippen LogP contribution in [-0.2, 0) is 20.7 Å². The van der Waals surface area contributed by atoms with E-state index in [-0.39, 0.29) is 18.4 Å². The van der Waals surface area contributed by atoms with E-state index in [1.165, 1.54) is 0 Å². The summed E-state index contributed by atoms with van der Waals surface area (Å²) in [6.07, 6.45) is 1.27. The van der Waals surface area contributed by atoms with Crippen LogP contribution in [0.3, 0.4) is 0 Å². The number of carbonyl (C=O) groups is 2. The summed E-state index contributed by atoms with van der Waals surface area (Å²) in [7, 11) is 1.56. The zero-order valence-electron chi connectivity index (χ0n) is 12.3. The molecular formula is C15H23N3O3. The van der Waals surface area contributed by atoms with Crippen LogP contribution in [0.25, 0.3) is 0 Å². The Hall–Kier alpha value is -1.92. The van der Waals surface area contributed by atoms with Crippen molar-refractivity contribution < 1.29 is 14.3 Å². The molecule has 6 nitrogen and oxygen atoms in total. The Morgan fingerprint density at radius 2 is 1.95 bits per heavy atom. The number of methoxy groups -OCH3 is 1. The van der Waals surface area contributed by atoms with E-state index in [9.17, 15) is 9.59 Å². The second-order valence-corrected chi connectivity index (χ2v) is 4.69. The molecule has 1 rings (SSSR count). The van der Waals surface area contributed by atoms with Gasteiger partial charge < -0.3 is 21.1 Å². The minimum Gasteiger partial charge on any atom is -0.383 e. The highest BCUT2D eigenvalue weighted by Crippen LogP contribution is 2.03. The van der Waals surface area contributed by atoms with Crippen molar-refractivity contribution >= 4 is 11.8 Å². The van der Waals surface area contributed by atoms with Crippen LogP contribution in [0.1, 0.15) is 12.0 Å². The molecule has 0 aliphatic rings. The molecule has 2 amide bonds. The van der Waals surface area contributed by atoms with Gasteiger partial charge in [0, 0.05) is 13.7 Å². The number of ether oxygens (including phenoxy) is 1. The van der Waals surface area contributed by atoms with Crippen LogP contribution in [0.5, 0.6) is 0 Å². The lowest BCUT2D eigenvalue weighted by Crippen LogP contribution is -2.45. The topological polar surface area (TPSA) is 93.5 Å². The molecule has 0 heterocycles. The molecule has 6 heteroatoms. The van der Waals surface area contributed by atoms with Gasteiger partial charge in [-0.1, -0.05) is 30.3 Å². The summed E-state index contributed by atoms with van der Waals surface area (Å²) in [5, 5.41) is 5.14. The lowest BCUT2D eigenvalue weighted by Gasteiger charge is -2.12. The first-order valence-corrected chi connectivity index (χ1v) is 6.96. The van der Waals surface area contributed by atoms with Gasteiger partial charge in [0.05, 0.1) is 19.2 Å². The van der Waals surface area contributed by atoms with Crippen molar-refractivity contribution in [1.82, 2.24) is 10.6 Å². The number of nitrogens with one attached hydrogen (secondary N) is 2. The molecule has 0 aromatic heterocycles. The van der Waals surface area contributed by atoms with Gasteiger partial charge >= 0.3 is 0 Å². The normalized spacial score (nSPS) is 11.7. The molecule has 1 aromatic rings. The van der Waals surface area contributed by atoms with Gasteiger partial charge in [-0.25, -0.2) is 0 Å². The van der Waals surface area contributed by atoms with Gasteiger partial charge in [-0.05, 0) is 18.4 Å². The maximum absolute atomic E-state index is 11.8. The molecule has 0 aliphatic carbocycles. The van der Waals surface area contributed by atoms with Crippen molar-refractivity contribution in [3.63, 3.8) is 0 Å². The van der Waals surface area contributed by atoms with Crippen LogP contribution in [0.4, 0.5) is 0 Å². The molecule has 0 bridgehead atoms. The zero-order chi connectivity index (χ0) is 15.5. The molecule has 4 N–H and O–H groups in total. The van der Waals surface area contributed by atoms with Crippen molar-refractivity contribution in [2.45, 2.75) is 18.9 Å². The summed E-state index contributed by atoms with van der Waals surface area (Å²) in [6, 6.07) is 9.22. The Balaban J connectivity index is 2.20. The summed E-state index contributed by atoms with van der Waals surface area (Å²) < 4.78 is 4.81. The van der Waals surface area contributed by atoms with Crippen molar-refractivity contribution in [3.05, 3.63) is 35.9 Å². The molecule has 0 spiro atoms. The van der Waals surface area contributed by atoms with E-state index in [0.717, 1.165) is 12.0 Å². The number of nitrogens with two attached hydrogens (primary N) is 1. The highest BCUT2D eigenvalue weighted by Gasteiger charge is 2.14. The number of benzene rings is 1. The van der Waals surface area contributed by atoms with E-state index < -0.39 is 6.04 Å². The summed E-state index contributed by atoms with van der Waals surface area (Å²) >= 11 is 0. The first-order valence-electron chi connectivity index (χ1n) is 6.96. The molecule has 1 unspecified atom stereocenters. The number of aryl methyl sites for hydroxylation is 1. The van der Waals surface area contributed by atoms with Crippen LogP contribution in [0.2, 0.25) is 0 Å². The average Bonchev–Trinajstić information content (AvgIpc) is 2.51. The third-order valence-corrected chi connectivity index (χ3v) is 2.98. The summed E-state index contributed by atoms with van der Waals surface area (Å²) in [6.45, 7) is 0.795. The fourth-order valence-corrected chi connectivity index (χ4v) is 1.75. The number of rotatable bonds is 9. The zero-order valence-corrected chi connectivity index (χ0v) is 12.3. The van der Waals surface area contributed by atoms with E-state index in [0.29, 0.717) is 19.6 Å². The SMILES string of the molecule is COCCNC(=O)CNC(=O)C(N)CCc1ccccc1. The largest absolute Gasteiger partial charge is 0.383 e. The van der Waals surface area contributed by atoms with E-state index in [1.54, 1.807) is 7.11 Å². The van der Waals surface area contributed by atoms with Gasteiger partial charge in [0.15, 0.2) is 0 Å². The fraction of sp³-hybridized carbons (Fsp3) is 0.467. The second kappa shape index (κ2) is 9.90. The molecule has 0 radical (unpaired) electrons. The van der Waals surface area contributed by atoms with Gasteiger partial charge in [0.1, 0.15) is 0 Å². The number of amides is 2. The summed E-state index contributed by atoms with van der Waals surface area (Å²) in [4.78, 5) is 23.2. The molecule has 0 saturated heterocycles.